The molecule has 1 amide bonds. The molecule has 1 unspecified atom stereocenters. The molecule has 1 atom stereocenters. The number of ether oxygens (including phenoxy) is 2. The molecule has 4 rings (SSSR count). The van der Waals surface area contributed by atoms with Crippen molar-refractivity contribution in [2.24, 2.45) is 0 Å². The number of anilines is 2. The predicted molar refractivity (Wildman–Crippen MR) is 108 cm³/mol. The summed E-state index contributed by atoms with van der Waals surface area (Å²) in [5, 5.41) is 2.95. The fraction of sp³-hybridized carbons (Fsp3) is 0.400. The van der Waals surface area contributed by atoms with Gasteiger partial charge in [0.05, 0.1) is 13.2 Å². The van der Waals surface area contributed by atoms with E-state index in [1.165, 1.54) is 0 Å². The summed E-state index contributed by atoms with van der Waals surface area (Å²) in [5.41, 5.74) is 2.36. The van der Waals surface area contributed by atoms with Crippen molar-refractivity contribution in [3.63, 3.8) is 0 Å². The van der Waals surface area contributed by atoms with Gasteiger partial charge in [-0.25, -0.2) is 4.98 Å². The zero-order valence-electron chi connectivity index (χ0n) is 15.1. The van der Waals surface area contributed by atoms with Crippen molar-refractivity contribution < 1.29 is 14.3 Å². The zero-order valence-corrected chi connectivity index (χ0v) is 15.9. The highest BCUT2D eigenvalue weighted by molar-refractivity contribution is 7.99. The van der Waals surface area contributed by atoms with Crippen LogP contribution in [0, 0.1) is 0 Å². The number of amides is 1. The van der Waals surface area contributed by atoms with E-state index in [0.29, 0.717) is 11.4 Å². The van der Waals surface area contributed by atoms with Gasteiger partial charge >= 0.3 is 0 Å². The summed E-state index contributed by atoms with van der Waals surface area (Å²) in [4.78, 5) is 19.3. The largest absolute Gasteiger partial charge is 0.473 e. The average molecular weight is 385 g/mol. The van der Waals surface area contributed by atoms with Crippen molar-refractivity contribution in [1.82, 2.24) is 4.98 Å². The number of hydrogen-bond acceptors (Lipinski definition) is 6. The van der Waals surface area contributed by atoms with Gasteiger partial charge in [0, 0.05) is 36.4 Å². The number of nitrogens with zero attached hydrogens (tertiary/aromatic N) is 2. The molecule has 0 bridgehead atoms. The van der Waals surface area contributed by atoms with Crippen LogP contribution in [0.5, 0.6) is 5.88 Å². The Bertz CT molecular complexity index is 772. The fourth-order valence-corrected chi connectivity index (χ4v) is 4.29. The monoisotopic (exact) mass is 385 g/mol. The second-order valence-corrected chi connectivity index (χ2v) is 7.71. The SMILES string of the molecule is O=C(Nc1ccc(N2CCOCC2)cc1)c1cccnc1OC1CCSC1. The van der Waals surface area contributed by atoms with Crippen molar-refractivity contribution in [3.05, 3.63) is 48.2 Å². The van der Waals surface area contributed by atoms with Crippen LogP contribution < -0.4 is 15.0 Å². The van der Waals surface area contributed by atoms with Crippen LogP contribution in [0.3, 0.4) is 0 Å². The van der Waals surface area contributed by atoms with E-state index in [9.17, 15) is 4.79 Å². The zero-order chi connectivity index (χ0) is 18.5. The Kier molecular flexibility index (Phi) is 5.79. The van der Waals surface area contributed by atoms with E-state index in [-0.39, 0.29) is 12.0 Å². The first-order chi connectivity index (χ1) is 13.3. The van der Waals surface area contributed by atoms with Crippen molar-refractivity contribution in [3.8, 4) is 5.88 Å². The molecule has 2 aromatic rings. The molecule has 27 heavy (non-hydrogen) atoms. The molecule has 3 heterocycles. The molecule has 1 aromatic carbocycles. The molecule has 1 N–H and O–H groups in total. The molecule has 2 aliphatic heterocycles. The lowest BCUT2D eigenvalue weighted by atomic mass is 10.2. The molecule has 1 aromatic heterocycles. The van der Waals surface area contributed by atoms with Crippen molar-refractivity contribution in [1.29, 1.82) is 0 Å². The maximum Gasteiger partial charge on any atom is 0.261 e. The maximum absolute atomic E-state index is 12.7. The van der Waals surface area contributed by atoms with E-state index in [4.69, 9.17) is 9.47 Å². The molecular weight excluding hydrogens is 362 g/mol. The summed E-state index contributed by atoms with van der Waals surface area (Å²) in [6.07, 6.45) is 2.78. The van der Waals surface area contributed by atoms with Gasteiger partial charge in [-0.15, -0.1) is 0 Å². The Balaban J connectivity index is 1.42. The van der Waals surface area contributed by atoms with E-state index < -0.39 is 0 Å². The van der Waals surface area contributed by atoms with Crippen LogP contribution in [0.4, 0.5) is 11.4 Å². The third-order valence-corrected chi connectivity index (χ3v) is 5.82. The van der Waals surface area contributed by atoms with Gasteiger partial charge in [0.25, 0.3) is 5.91 Å². The third-order valence-electron chi connectivity index (χ3n) is 4.68. The number of carbonyl (C=O) groups excluding carboxylic acids is 1. The van der Waals surface area contributed by atoms with Gasteiger partial charge in [-0.3, -0.25) is 4.79 Å². The number of hydrogen-bond donors (Lipinski definition) is 1. The third kappa shape index (κ3) is 4.54. The van der Waals surface area contributed by atoms with Gasteiger partial charge in [-0.2, -0.15) is 11.8 Å². The first kappa shape index (κ1) is 18.1. The maximum atomic E-state index is 12.7. The van der Waals surface area contributed by atoms with E-state index >= 15 is 0 Å². The standard InChI is InChI=1S/C20H23N3O3S/c24-19(18-2-1-8-21-20(18)26-17-7-13-27-14-17)22-15-3-5-16(6-4-15)23-9-11-25-12-10-23/h1-6,8,17H,7,9-14H2,(H,22,24). The molecule has 7 heteroatoms. The minimum Gasteiger partial charge on any atom is -0.473 e. The van der Waals surface area contributed by atoms with Crippen LogP contribution in [-0.4, -0.2) is 54.8 Å². The number of rotatable bonds is 5. The molecule has 0 spiro atoms. The highest BCUT2D eigenvalue weighted by Crippen LogP contribution is 2.25. The van der Waals surface area contributed by atoms with Gasteiger partial charge in [-0.1, -0.05) is 0 Å². The van der Waals surface area contributed by atoms with Gasteiger partial charge in [0.2, 0.25) is 5.88 Å². The smallest absolute Gasteiger partial charge is 0.261 e. The first-order valence-corrected chi connectivity index (χ1v) is 10.4. The normalized spacial score (nSPS) is 19.7. The number of benzene rings is 1. The van der Waals surface area contributed by atoms with Crippen LogP contribution in [0.2, 0.25) is 0 Å². The lowest BCUT2D eigenvalue weighted by Crippen LogP contribution is -2.36. The Labute approximate surface area is 163 Å². The Hall–Kier alpha value is -2.25. The number of carbonyl (C=O) groups is 1. The summed E-state index contributed by atoms with van der Waals surface area (Å²) in [5.74, 6) is 2.24. The summed E-state index contributed by atoms with van der Waals surface area (Å²) in [6.45, 7) is 3.28. The number of aromatic nitrogens is 1. The van der Waals surface area contributed by atoms with Gasteiger partial charge in [-0.05, 0) is 48.6 Å². The van der Waals surface area contributed by atoms with E-state index in [2.05, 4.69) is 15.2 Å². The van der Waals surface area contributed by atoms with E-state index in [1.54, 1.807) is 18.3 Å². The number of nitrogens with one attached hydrogen (secondary N) is 1. The van der Waals surface area contributed by atoms with Gasteiger partial charge in [0.1, 0.15) is 11.7 Å². The van der Waals surface area contributed by atoms with Crippen molar-refractivity contribution >= 4 is 29.0 Å². The predicted octanol–water partition coefficient (Wildman–Crippen LogP) is 3.05. The topological polar surface area (TPSA) is 63.7 Å². The lowest BCUT2D eigenvalue weighted by molar-refractivity contribution is 0.101. The summed E-state index contributed by atoms with van der Waals surface area (Å²) in [7, 11) is 0. The quantitative estimate of drug-likeness (QED) is 0.854. The minimum atomic E-state index is -0.206. The van der Waals surface area contributed by atoms with Gasteiger partial charge < -0.3 is 19.7 Å². The van der Waals surface area contributed by atoms with Crippen LogP contribution in [-0.2, 0) is 4.74 Å². The summed E-state index contributed by atoms with van der Waals surface area (Å²) < 4.78 is 11.3. The molecule has 6 nitrogen and oxygen atoms in total. The minimum absolute atomic E-state index is 0.129. The average Bonchev–Trinajstić information content (AvgIpc) is 3.23. The second-order valence-electron chi connectivity index (χ2n) is 6.56. The molecule has 0 aliphatic carbocycles. The Morgan fingerprint density at radius 3 is 2.78 bits per heavy atom. The molecule has 0 saturated carbocycles. The van der Waals surface area contributed by atoms with E-state index in [0.717, 1.165) is 55.6 Å². The number of thioether (sulfide) groups is 1. The van der Waals surface area contributed by atoms with Crippen molar-refractivity contribution in [2.75, 3.05) is 48.0 Å². The van der Waals surface area contributed by atoms with Crippen LogP contribution in [0.15, 0.2) is 42.6 Å². The first-order valence-electron chi connectivity index (χ1n) is 9.23. The molecule has 2 fully saturated rings. The molecule has 142 valence electrons. The second kappa shape index (κ2) is 8.63. The number of pyridine rings is 1. The molecular formula is C20H23N3O3S. The molecule has 2 saturated heterocycles. The van der Waals surface area contributed by atoms with Crippen LogP contribution >= 0.6 is 11.8 Å². The number of morpholine rings is 1. The Morgan fingerprint density at radius 2 is 2.04 bits per heavy atom. The Morgan fingerprint density at radius 1 is 1.22 bits per heavy atom. The van der Waals surface area contributed by atoms with Crippen molar-refractivity contribution in [2.45, 2.75) is 12.5 Å². The van der Waals surface area contributed by atoms with Crippen LogP contribution in [0.25, 0.3) is 0 Å². The highest BCUT2D eigenvalue weighted by Gasteiger charge is 2.21. The summed E-state index contributed by atoms with van der Waals surface area (Å²) in [6, 6.07) is 11.4. The van der Waals surface area contributed by atoms with E-state index in [1.807, 2.05) is 36.0 Å². The lowest BCUT2D eigenvalue weighted by Gasteiger charge is -2.28. The molecule has 0 radical (unpaired) electrons. The summed E-state index contributed by atoms with van der Waals surface area (Å²) >= 11 is 1.87. The fourth-order valence-electron chi connectivity index (χ4n) is 3.20. The van der Waals surface area contributed by atoms with Crippen LogP contribution in [0.1, 0.15) is 16.8 Å². The molecule has 2 aliphatic rings. The highest BCUT2D eigenvalue weighted by atomic mass is 32.2. The van der Waals surface area contributed by atoms with Gasteiger partial charge in [0.15, 0.2) is 0 Å².